The van der Waals surface area contributed by atoms with Crippen molar-refractivity contribution >= 4 is 15.8 Å². The van der Waals surface area contributed by atoms with Crippen LogP contribution in [0.5, 0.6) is 0 Å². The number of hydrogen-bond donors (Lipinski definition) is 1. The lowest BCUT2D eigenvalue weighted by molar-refractivity contribution is 0.400. The van der Waals surface area contributed by atoms with Gasteiger partial charge in [-0.05, 0) is 30.7 Å². The molecule has 6 nitrogen and oxygen atoms in total. The summed E-state index contributed by atoms with van der Waals surface area (Å²) in [5, 5.41) is 0. The van der Waals surface area contributed by atoms with Gasteiger partial charge in [-0.2, -0.15) is 0 Å². The number of hydrogen-bond acceptors (Lipinski definition) is 5. The number of anilines is 1. The number of rotatable bonds is 7. The number of nitrogens with one attached hydrogen (secondary N) is 1. The molecule has 1 N–H and O–H groups in total. The fraction of sp³-hybridized carbons (Fsp3) is 0.444. The maximum Gasteiger partial charge on any atom is 0.211 e. The van der Waals surface area contributed by atoms with E-state index in [1.165, 1.54) is 0 Å². The van der Waals surface area contributed by atoms with E-state index in [0.29, 0.717) is 18.9 Å². The number of benzene rings is 1. The minimum absolute atomic E-state index is 0.134. The first kappa shape index (κ1) is 17.8. The molecule has 2 aromatic rings. The number of sulfonamides is 1. The van der Waals surface area contributed by atoms with E-state index in [0.717, 1.165) is 37.3 Å². The first-order valence-corrected chi connectivity index (χ1v) is 10.3. The highest BCUT2D eigenvalue weighted by atomic mass is 32.2. The molecule has 0 bridgehead atoms. The second-order valence-electron chi connectivity index (χ2n) is 6.40. The first-order valence-electron chi connectivity index (χ1n) is 8.64. The molecule has 1 saturated heterocycles. The Balaban J connectivity index is 1.41. The monoisotopic (exact) mass is 360 g/mol. The molecule has 0 radical (unpaired) electrons. The fourth-order valence-corrected chi connectivity index (χ4v) is 4.17. The van der Waals surface area contributed by atoms with Crippen molar-refractivity contribution < 1.29 is 8.42 Å². The normalized spacial score (nSPS) is 16.1. The lowest BCUT2D eigenvalue weighted by Crippen LogP contribution is -2.39. The lowest BCUT2D eigenvalue weighted by atomic mass is 9.97. The van der Waals surface area contributed by atoms with Gasteiger partial charge < -0.3 is 4.90 Å². The van der Waals surface area contributed by atoms with Crippen LogP contribution >= 0.6 is 0 Å². The van der Waals surface area contributed by atoms with Gasteiger partial charge in [0.25, 0.3) is 0 Å². The lowest BCUT2D eigenvalue weighted by Gasteiger charge is -2.32. The zero-order valence-electron chi connectivity index (χ0n) is 14.2. The van der Waals surface area contributed by atoms with Crippen molar-refractivity contribution in [1.29, 1.82) is 0 Å². The summed E-state index contributed by atoms with van der Waals surface area (Å²) in [6.07, 6.45) is 7.59. The molecule has 7 heteroatoms. The minimum Gasteiger partial charge on any atom is -0.355 e. The quantitative estimate of drug-likeness (QED) is 0.816. The van der Waals surface area contributed by atoms with Gasteiger partial charge in [-0.25, -0.2) is 18.1 Å². The van der Waals surface area contributed by atoms with Gasteiger partial charge in [-0.3, -0.25) is 4.98 Å². The molecule has 1 aliphatic heterocycles. The zero-order chi connectivity index (χ0) is 17.5. The predicted molar refractivity (Wildman–Crippen MR) is 98.9 cm³/mol. The summed E-state index contributed by atoms with van der Waals surface area (Å²) in [5.41, 5.74) is 1.05. The molecule has 1 aliphatic rings. The van der Waals surface area contributed by atoms with Crippen molar-refractivity contribution in [3.05, 3.63) is 54.5 Å². The van der Waals surface area contributed by atoms with Crippen molar-refractivity contribution in [3.63, 3.8) is 0 Å². The Hall–Kier alpha value is -1.99. The average Bonchev–Trinajstić information content (AvgIpc) is 2.67. The second kappa shape index (κ2) is 8.40. The Morgan fingerprint density at radius 3 is 2.56 bits per heavy atom. The third kappa shape index (κ3) is 5.51. The van der Waals surface area contributed by atoms with Crippen LogP contribution in [0.3, 0.4) is 0 Å². The Bertz CT molecular complexity index is 745. The minimum atomic E-state index is -3.23. The molecule has 1 aromatic carbocycles. The molecule has 25 heavy (non-hydrogen) atoms. The summed E-state index contributed by atoms with van der Waals surface area (Å²) in [6.45, 7) is 2.29. The van der Waals surface area contributed by atoms with Gasteiger partial charge in [-0.15, -0.1) is 0 Å². The van der Waals surface area contributed by atoms with Crippen LogP contribution in [0.2, 0.25) is 0 Å². The molecule has 0 amide bonds. The van der Waals surface area contributed by atoms with Crippen molar-refractivity contribution in [2.75, 3.05) is 30.3 Å². The van der Waals surface area contributed by atoms with Crippen molar-refractivity contribution in [2.45, 2.75) is 19.3 Å². The Morgan fingerprint density at radius 1 is 1.12 bits per heavy atom. The molecule has 134 valence electrons. The molecule has 2 heterocycles. The molecule has 0 saturated carbocycles. The van der Waals surface area contributed by atoms with Gasteiger partial charge in [0.1, 0.15) is 5.82 Å². The average molecular weight is 360 g/mol. The zero-order valence-corrected chi connectivity index (χ0v) is 15.0. The van der Waals surface area contributed by atoms with Gasteiger partial charge in [-0.1, -0.05) is 30.3 Å². The van der Waals surface area contributed by atoms with Gasteiger partial charge in [0.2, 0.25) is 10.0 Å². The second-order valence-corrected chi connectivity index (χ2v) is 8.32. The third-order valence-electron chi connectivity index (χ3n) is 4.58. The molecule has 3 rings (SSSR count). The van der Waals surface area contributed by atoms with Crippen molar-refractivity contribution in [1.82, 2.24) is 14.7 Å². The van der Waals surface area contributed by atoms with Gasteiger partial charge in [0.15, 0.2) is 0 Å². The maximum atomic E-state index is 12.2. The van der Waals surface area contributed by atoms with Crippen LogP contribution in [0.1, 0.15) is 18.4 Å². The summed E-state index contributed by atoms with van der Waals surface area (Å²) >= 11 is 0. The van der Waals surface area contributed by atoms with Gasteiger partial charge >= 0.3 is 0 Å². The molecule has 1 aromatic heterocycles. The van der Waals surface area contributed by atoms with E-state index >= 15 is 0 Å². The largest absolute Gasteiger partial charge is 0.355 e. The van der Waals surface area contributed by atoms with E-state index in [1.807, 2.05) is 30.3 Å². The van der Waals surface area contributed by atoms with E-state index in [-0.39, 0.29) is 5.75 Å². The first-order chi connectivity index (χ1) is 12.1. The summed E-state index contributed by atoms with van der Waals surface area (Å²) < 4.78 is 27.2. The molecular weight excluding hydrogens is 336 g/mol. The smallest absolute Gasteiger partial charge is 0.211 e. The third-order valence-corrected chi connectivity index (χ3v) is 5.93. The van der Waals surface area contributed by atoms with Crippen LogP contribution in [0, 0.1) is 5.92 Å². The van der Waals surface area contributed by atoms with Crippen LogP contribution in [0.15, 0.2) is 48.9 Å². The summed E-state index contributed by atoms with van der Waals surface area (Å²) in [7, 11) is -3.23. The molecule has 0 aliphatic carbocycles. The molecule has 0 unspecified atom stereocenters. The van der Waals surface area contributed by atoms with Crippen LogP contribution in [0.4, 0.5) is 5.82 Å². The molecule has 1 fully saturated rings. The predicted octanol–water partition coefficient (Wildman–Crippen LogP) is 1.86. The van der Waals surface area contributed by atoms with E-state index < -0.39 is 10.0 Å². The highest BCUT2D eigenvalue weighted by Crippen LogP contribution is 2.20. The fourth-order valence-electron chi connectivity index (χ4n) is 3.03. The van der Waals surface area contributed by atoms with Crippen LogP contribution in [0.25, 0.3) is 0 Å². The number of aromatic nitrogens is 2. The standard InChI is InChI=1S/C18H24N4O2S/c23-25(24,13-8-16-4-2-1-3-5-16)21-14-17-6-11-22(12-7-17)18-15-19-9-10-20-18/h1-5,9-10,15,17,21H,6-8,11-14H2. The van der Waals surface area contributed by atoms with Crippen molar-refractivity contribution in [2.24, 2.45) is 5.92 Å². The van der Waals surface area contributed by atoms with Crippen LogP contribution in [-0.4, -0.2) is 43.8 Å². The summed E-state index contributed by atoms with van der Waals surface area (Å²) in [4.78, 5) is 10.6. The molecular formula is C18H24N4O2S. The van der Waals surface area contributed by atoms with E-state index in [2.05, 4.69) is 19.6 Å². The van der Waals surface area contributed by atoms with Crippen LogP contribution in [-0.2, 0) is 16.4 Å². The maximum absolute atomic E-state index is 12.2. The van der Waals surface area contributed by atoms with E-state index in [1.54, 1.807) is 18.6 Å². The topological polar surface area (TPSA) is 75.2 Å². The van der Waals surface area contributed by atoms with E-state index in [4.69, 9.17) is 0 Å². The summed E-state index contributed by atoms with van der Waals surface area (Å²) in [6, 6.07) is 9.71. The highest BCUT2D eigenvalue weighted by Gasteiger charge is 2.21. The van der Waals surface area contributed by atoms with Gasteiger partial charge in [0.05, 0.1) is 11.9 Å². The number of nitrogens with zero attached hydrogens (tertiary/aromatic N) is 3. The summed E-state index contributed by atoms with van der Waals surface area (Å²) in [5.74, 6) is 1.40. The Labute approximate surface area is 149 Å². The molecule has 0 spiro atoms. The number of piperidine rings is 1. The van der Waals surface area contributed by atoms with Crippen molar-refractivity contribution in [3.8, 4) is 0 Å². The SMILES string of the molecule is O=S(=O)(CCc1ccccc1)NCC1CCN(c2cnccn2)CC1. The highest BCUT2D eigenvalue weighted by molar-refractivity contribution is 7.89. The Kier molecular flexibility index (Phi) is 5.99. The van der Waals surface area contributed by atoms with E-state index in [9.17, 15) is 8.42 Å². The van der Waals surface area contributed by atoms with Crippen LogP contribution < -0.4 is 9.62 Å². The molecule has 0 atom stereocenters. The van der Waals surface area contributed by atoms with Gasteiger partial charge in [0, 0.05) is 32.0 Å². The number of aryl methyl sites for hydroxylation is 1. The Morgan fingerprint density at radius 2 is 1.88 bits per heavy atom.